The number of hydroxylamine groups is 3. The van der Waals surface area contributed by atoms with Crippen LogP contribution in [0.2, 0.25) is 0 Å². The Bertz CT molecular complexity index is 1660. The number of nitrogens with one attached hydrogen (secondary N) is 5. The Labute approximate surface area is 324 Å². The second kappa shape index (κ2) is 24.6. The second-order valence-electron chi connectivity index (χ2n) is 12.1. The van der Waals surface area contributed by atoms with Gasteiger partial charge in [0.05, 0.1) is 12.2 Å². The monoisotopic (exact) mass is 809 g/mol. The van der Waals surface area contributed by atoms with Crippen LogP contribution in [-0.4, -0.2) is 152 Å². The van der Waals surface area contributed by atoms with Gasteiger partial charge in [0.2, 0.25) is 42.7 Å². The van der Waals surface area contributed by atoms with Crippen molar-refractivity contribution in [2.24, 2.45) is 5.73 Å². The molecule has 2 aromatic rings. The molecular weight excluding hydrogens is 762 g/mol. The number of phenols is 1. The van der Waals surface area contributed by atoms with Crippen LogP contribution in [0.3, 0.4) is 0 Å². The first-order chi connectivity index (χ1) is 26.8. The summed E-state index contributed by atoms with van der Waals surface area (Å²) in [5.41, 5.74) is 6.22. The van der Waals surface area contributed by atoms with Crippen LogP contribution in [0.15, 0.2) is 29.6 Å². The van der Waals surface area contributed by atoms with E-state index in [1.165, 1.54) is 23.6 Å². The van der Waals surface area contributed by atoms with E-state index in [0.717, 1.165) is 0 Å². The van der Waals surface area contributed by atoms with E-state index in [9.17, 15) is 64.4 Å². The van der Waals surface area contributed by atoms with Gasteiger partial charge >= 0.3 is 5.97 Å². The lowest BCUT2D eigenvalue weighted by Crippen LogP contribution is -2.62. The number of aliphatic hydroxyl groups excluding tert-OH is 2. The summed E-state index contributed by atoms with van der Waals surface area (Å²) in [6.07, 6.45) is -0.320. The smallest absolute Gasteiger partial charge is 0.335 e. The van der Waals surface area contributed by atoms with E-state index in [4.69, 9.17) is 5.73 Å². The molecule has 0 fully saturated rings. The summed E-state index contributed by atoms with van der Waals surface area (Å²) in [5.74, 6) is -6.33. The number of hydrogen-bond donors (Lipinski definition) is 11. The number of benzene rings is 1. The molecule has 1 aromatic carbocycles. The minimum Gasteiger partial charge on any atom is -0.624 e. The molecule has 0 unspecified atom stereocenters. The molecule has 0 aliphatic rings. The third-order valence-corrected chi connectivity index (χ3v) is 8.81. The first kappa shape index (κ1) is 46.4. The van der Waals surface area contributed by atoms with Gasteiger partial charge in [-0.2, -0.15) is 0 Å². The Balaban J connectivity index is 2.10. The minimum absolute atomic E-state index is 0.00865. The molecule has 0 spiro atoms. The molecule has 12 N–H and O–H groups in total. The average Bonchev–Trinajstić information content (AvgIpc) is 3.63. The van der Waals surface area contributed by atoms with Crippen LogP contribution in [-0.2, 0) is 33.6 Å². The maximum absolute atomic E-state index is 13.2. The molecule has 0 bridgehead atoms. The number of unbranched alkanes of at least 4 members (excludes halogenated alkanes) is 1. The van der Waals surface area contributed by atoms with Crippen LogP contribution in [0, 0.1) is 5.21 Å². The lowest BCUT2D eigenvalue weighted by Gasteiger charge is -2.26. The highest BCUT2D eigenvalue weighted by Gasteiger charge is 2.37. The molecule has 1 heterocycles. The summed E-state index contributed by atoms with van der Waals surface area (Å²) in [7, 11) is 0. The Kier molecular flexibility index (Phi) is 20.4. The first-order valence-corrected chi connectivity index (χ1v) is 18.2. The fourth-order valence-electron chi connectivity index (χ4n) is 4.95. The topological polar surface area (TPSA) is 349 Å². The van der Waals surface area contributed by atoms with E-state index in [2.05, 4.69) is 20.9 Å². The number of hydrogen-bond acceptors (Lipinski definition) is 15. The van der Waals surface area contributed by atoms with Crippen LogP contribution in [0.4, 0.5) is 0 Å². The summed E-state index contributed by atoms with van der Waals surface area (Å²) >= 11 is 1.19. The molecule has 0 aliphatic carbocycles. The number of phenolic OH excluding ortho intramolecular Hbond substituents is 1. The molecule has 56 heavy (non-hydrogen) atoms. The highest BCUT2D eigenvalue weighted by atomic mass is 32.1. The Morgan fingerprint density at radius 2 is 1.62 bits per heavy atom. The Hall–Kier alpha value is -5.75. The molecule has 23 heteroatoms. The zero-order valence-electron chi connectivity index (χ0n) is 30.1. The van der Waals surface area contributed by atoms with E-state index in [0.29, 0.717) is 45.5 Å². The fraction of sp³-hybridized carbons (Fsp3) is 0.485. The number of carbonyl (C=O) groups is 7. The number of amides is 6. The summed E-state index contributed by atoms with van der Waals surface area (Å²) in [5, 5.41) is 75.2. The van der Waals surface area contributed by atoms with Crippen LogP contribution in [0.5, 0.6) is 5.75 Å². The van der Waals surface area contributed by atoms with Crippen LogP contribution in [0.1, 0.15) is 44.2 Å². The molecule has 5 atom stereocenters. The molecule has 0 saturated carbocycles. The maximum Gasteiger partial charge on any atom is 0.335 e. The number of aliphatic hydroxyl groups is 2. The highest BCUT2D eigenvalue weighted by Crippen LogP contribution is 2.30. The number of carbonyl (C=O) groups excluding carboxylic acids is 6. The van der Waals surface area contributed by atoms with E-state index in [-0.39, 0.29) is 63.9 Å². The van der Waals surface area contributed by atoms with Gasteiger partial charge in [0, 0.05) is 24.9 Å². The lowest BCUT2D eigenvalue weighted by molar-refractivity contribution is -0.453. The molecule has 1 aromatic heterocycles. The van der Waals surface area contributed by atoms with Crippen LogP contribution in [0.25, 0.3) is 10.6 Å². The maximum atomic E-state index is 13.2. The van der Waals surface area contributed by atoms with Gasteiger partial charge in [-0.05, 0) is 50.8 Å². The lowest BCUT2D eigenvalue weighted by atomic mass is 10.1. The SMILES string of the molecule is NCCCCNC(=O)[C@H](CCCN(O)C=O)NC(=O)[C@H](CO)NC(=O)[C@H](NC(=O)[C@H](CCC[N+]([O-])=Cc1csc(-c2ccccc2O)n1)NC=O)[C@@H](O)C(=O)O. The molecule has 0 saturated heterocycles. The zero-order chi connectivity index (χ0) is 41.6. The van der Waals surface area contributed by atoms with Gasteiger partial charge in [-0.3, -0.25) is 34.0 Å². The van der Waals surface area contributed by atoms with Crippen molar-refractivity contribution in [3.63, 3.8) is 0 Å². The summed E-state index contributed by atoms with van der Waals surface area (Å²) in [6, 6.07) is -0.323. The van der Waals surface area contributed by atoms with Gasteiger partial charge in [-0.25, -0.2) is 19.6 Å². The number of rotatable bonds is 27. The summed E-state index contributed by atoms with van der Waals surface area (Å²) < 4.78 is 0.520. The van der Waals surface area contributed by atoms with Crippen molar-refractivity contribution < 1.29 is 63.9 Å². The third-order valence-electron chi connectivity index (χ3n) is 7.92. The molecule has 308 valence electrons. The number of aromatic nitrogens is 1. The first-order valence-electron chi connectivity index (χ1n) is 17.3. The number of nitrogens with two attached hydrogens (primary N) is 1. The van der Waals surface area contributed by atoms with Crippen molar-refractivity contribution in [3.8, 4) is 16.3 Å². The normalized spacial score (nSPS) is 13.9. The molecule has 22 nitrogen and oxygen atoms in total. The number of para-hydroxylation sites is 1. The van der Waals surface area contributed by atoms with Crippen LogP contribution < -0.4 is 32.3 Å². The van der Waals surface area contributed by atoms with Gasteiger partial charge < -0.3 is 58.0 Å². The number of aromatic hydroxyl groups is 1. The third kappa shape index (κ3) is 15.5. The van der Waals surface area contributed by atoms with Crippen molar-refractivity contribution >= 4 is 60.0 Å². The number of carboxylic acid groups (broad SMARTS) is 1. The second-order valence-corrected chi connectivity index (χ2v) is 13.0. The molecule has 2 rings (SSSR count). The molecule has 6 amide bonds. The Morgan fingerprint density at radius 1 is 0.946 bits per heavy atom. The number of aliphatic carboxylic acids is 1. The van der Waals surface area contributed by atoms with Gasteiger partial charge in [0.25, 0.3) is 0 Å². The van der Waals surface area contributed by atoms with E-state index in [1.54, 1.807) is 23.6 Å². The van der Waals surface area contributed by atoms with Crippen molar-refractivity contribution in [2.75, 3.05) is 32.8 Å². The fourth-order valence-corrected chi connectivity index (χ4v) is 5.76. The van der Waals surface area contributed by atoms with Gasteiger partial charge in [0.15, 0.2) is 12.6 Å². The van der Waals surface area contributed by atoms with Crippen molar-refractivity contribution in [1.82, 2.24) is 36.6 Å². The largest absolute Gasteiger partial charge is 0.624 e. The zero-order valence-corrected chi connectivity index (χ0v) is 30.9. The summed E-state index contributed by atoms with van der Waals surface area (Å²) in [6.45, 7) is -0.924. The van der Waals surface area contributed by atoms with Crippen molar-refractivity contribution in [2.45, 2.75) is 68.8 Å². The average molecular weight is 810 g/mol. The predicted octanol–water partition coefficient (Wildman–Crippen LogP) is -3.29. The van der Waals surface area contributed by atoms with E-state index < -0.39 is 66.5 Å². The van der Waals surface area contributed by atoms with Crippen LogP contribution >= 0.6 is 11.3 Å². The van der Waals surface area contributed by atoms with Crippen molar-refractivity contribution in [3.05, 3.63) is 40.5 Å². The number of nitrogens with zero attached hydrogens (tertiary/aromatic N) is 3. The molecule has 0 aliphatic heterocycles. The van der Waals surface area contributed by atoms with Gasteiger partial charge in [-0.15, -0.1) is 11.3 Å². The summed E-state index contributed by atoms with van der Waals surface area (Å²) in [4.78, 5) is 90.3. The number of thiazole rings is 1. The highest BCUT2D eigenvalue weighted by molar-refractivity contribution is 7.13. The number of carboxylic acids is 1. The van der Waals surface area contributed by atoms with Gasteiger partial charge in [0.1, 0.15) is 40.6 Å². The Morgan fingerprint density at radius 3 is 2.27 bits per heavy atom. The quantitative estimate of drug-likeness (QED) is 0.00802. The van der Waals surface area contributed by atoms with E-state index in [1.807, 2.05) is 10.6 Å². The van der Waals surface area contributed by atoms with Crippen molar-refractivity contribution in [1.29, 1.82) is 0 Å². The predicted molar refractivity (Wildman–Crippen MR) is 197 cm³/mol. The minimum atomic E-state index is -2.59. The molecule has 0 radical (unpaired) electrons. The standard InChI is InChI=1S/C33H47N9O13S/c34-11-3-4-12-35-28(48)23(9-6-14-42(55)19-45)38-30(50)24(16-43)39-31(51)26(27(47)33(52)53)40-29(49)22(36-18-44)8-5-13-41(54)15-20-17-56-32(37-20)21-7-1-2-10-25(21)46/h1-2,7,10,15,17-19,22-24,26-27,43,46-47,55H,3-6,8-9,11-14,16,34H2,(H,35,48)(H,36,44)(H,38,50)(H,39,51)(H,40,49)(H,52,53)/t22-,23-,24-,26+,27+/m0/s1. The van der Waals surface area contributed by atoms with E-state index >= 15 is 0 Å². The molecular formula is C33H47N9O13S. The van der Waals surface area contributed by atoms with Gasteiger partial charge in [-0.1, -0.05) is 12.1 Å².